The first kappa shape index (κ1) is 23.3. The number of pyridine rings is 1. The fraction of sp³-hybridized carbons (Fsp3) is 0.500. The van der Waals surface area contributed by atoms with Crippen molar-refractivity contribution >= 4 is 30.7 Å². The Labute approximate surface area is 160 Å². The Kier molecular flexibility index (Phi) is 11.8. The van der Waals surface area contributed by atoms with E-state index in [1.54, 1.807) is 24.5 Å². The average Bonchev–Trinajstić information content (AvgIpc) is 3.06. The molecule has 3 N–H and O–H groups in total. The van der Waals surface area contributed by atoms with Crippen LogP contribution >= 0.6 is 24.8 Å². The van der Waals surface area contributed by atoms with Crippen molar-refractivity contribution in [2.45, 2.75) is 45.1 Å². The second-order valence-electron chi connectivity index (χ2n) is 5.39. The van der Waals surface area contributed by atoms with Gasteiger partial charge >= 0.3 is 0 Å². The van der Waals surface area contributed by atoms with Crippen molar-refractivity contribution < 1.29 is 9.32 Å². The molecule has 0 aromatic carbocycles. The van der Waals surface area contributed by atoms with Crippen molar-refractivity contribution in [2.75, 3.05) is 6.54 Å². The average molecular weight is 390 g/mol. The van der Waals surface area contributed by atoms with E-state index in [9.17, 15) is 4.79 Å². The molecule has 7 nitrogen and oxygen atoms in total. The molecule has 1 unspecified atom stereocenters. The lowest BCUT2D eigenvalue weighted by Gasteiger charge is -2.15. The molecule has 9 heteroatoms. The van der Waals surface area contributed by atoms with Gasteiger partial charge in [-0.25, -0.2) is 0 Å². The summed E-state index contributed by atoms with van der Waals surface area (Å²) in [5.74, 6) is 0.913. The predicted molar refractivity (Wildman–Crippen MR) is 101 cm³/mol. The van der Waals surface area contributed by atoms with Crippen LogP contribution in [0.5, 0.6) is 0 Å². The molecule has 0 aliphatic rings. The number of aromatic nitrogens is 3. The number of amides is 1. The number of nitrogens with one attached hydrogen (secondary N) is 1. The summed E-state index contributed by atoms with van der Waals surface area (Å²) in [6.07, 6.45) is 7.11. The first-order chi connectivity index (χ1) is 11.2. The molecule has 2 heterocycles. The molecule has 0 saturated carbocycles. The molecule has 2 aromatic heterocycles. The lowest BCUT2D eigenvalue weighted by molar-refractivity contribution is -0.121. The molecule has 2 rings (SSSR count). The van der Waals surface area contributed by atoms with Crippen molar-refractivity contribution in [2.24, 2.45) is 5.73 Å². The molecule has 0 bridgehead atoms. The summed E-state index contributed by atoms with van der Waals surface area (Å²) in [6, 6.07) is 3.65. The van der Waals surface area contributed by atoms with Crippen LogP contribution in [0.15, 0.2) is 29.0 Å². The van der Waals surface area contributed by atoms with Gasteiger partial charge in [0, 0.05) is 43.4 Å². The van der Waals surface area contributed by atoms with Crippen LogP contribution in [0, 0.1) is 0 Å². The maximum Gasteiger partial charge on any atom is 0.227 e. The van der Waals surface area contributed by atoms with Gasteiger partial charge in [0.15, 0.2) is 0 Å². The van der Waals surface area contributed by atoms with Gasteiger partial charge in [-0.05, 0) is 18.6 Å². The molecule has 0 radical (unpaired) electrons. The number of rotatable bonds is 9. The van der Waals surface area contributed by atoms with E-state index in [0.717, 1.165) is 24.8 Å². The highest BCUT2D eigenvalue weighted by atomic mass is 35.5. The molecule has 2 aromatic rings. The van der Waals surface area contributed by atoms with Crippen LogP contribution in [-0.2, 0) is 11.2 Å². The number of carbonyl (C=O) groups is 1. The van der Waals surface area contributed by atoms with Gasteiger partial charge in [0.25, 0.3) is 0 Å². The Morgan fingerprint density at radius 2 is 2.04 bits per heavy atom. The summed E-state index contributed by atoms with van der Waals surface area (Å²) in [5, 5.41) is 6.86. The van der Waals surface area contributed by atoms with Crippen LogP contribution in [0.25, 0.3) is 11.4 Å². The predicted octanol–water partition coefficient (Wildman–Crippen LogP) is 2.54. The highest BCUT2D eigenvalue weighted by molar-refractivity contribution is 5.85. The third-order valence-corrected chi connectivity index (χ3v) is 3.53. The zero-order valence-electron chi connectivity index (χ0n) is 14.2. The van der Waals surface area contributed by atoms with E-state index in [0.29, 0.717) is 31.1 Å². The van der Waals surface area contributed by atoms with Crippen LogP contribution in [0.1, 0.15) is 38.5 Å². The van der Waals surface area contributed by atoms with Gasteiger partial charge in [0.05, 0.1) is 0 Å². The number of nitrogens with two attached hydrogens (primary N) is 1. The number of nitrogens with zero attached hydrogens (tertiary/aromatic N) is 3. The van der Waals surface area contributed by atoms with Crippen molar-refractivity contribution in [3.8, 4) is 11.4 Å². The fourth-order valence-electron chi connectivity index (χ4n) is 2.19. The molecular weight excluding hydrogens is 365 g/mol. The van der Waals surface area contributed by atoms with Gasteiger partial charge in [0.2, 0.25) is 17.6 Å². The number of hydrogen-bond donors (Lipinski definition) is 2. The fourth-order valence-corrected chi connectivity index (χ4v) is 2.19. The Bertz CT molecular complexity index is 610. The molecule has 0 spiro atoms. The number of carbonyl (C=O) groups excluding carboxylic acids is 1. The highest BCUT2D eigenvalue weighted by Crippen LogP contribution is 2.14. The van der Waals surface area contributed by atoms with Crippen molar-refractivity contribution in [1.29, 1.82) is 0 Å². The summed E-state index contributed by atoms with van der Waals surface area (Å²) in [4.78, 5) is 20.2. The summed E-state index contributed by atoms with van der Waals surface area (Å²) in [6.45, 7) is 2.57. The molecule has 1 amide bonds. The second-order valence-corrected chi connectivity index (χ2v) is 5.39. The first-order valence-corrected chi connectivity index (χ1v) is 7.95. The normalized spacial score (nSPS) is 11.1. The van der Waals surface area contributed by atoms with Crippen molar-refractivity contribution in [3.63, 3.8) is 0 Å². The summed E-state index contributed by atoms with van der Waals surface area (Å²) >= 11 is 0. The minimum atomic E-state index is -0.0415. The Hall–Kier alpha value is -1.70. The van der Waals surface area contributed by atoms with E-state index in [1.165, 1.54) is 0 Å². The molecule has 140 valence electrons. The lowest BCUT2D eigenvalue weighted by atomic mass is 10.1. The number of unbranched alkanes of at least 4 members (excludes halogenated alkanes) is 1. The number of aryl methyl sites for hydroxylation is 1. The van der Waals surface area contributed by atoms with E-state index in [4.69, 9.17) is 10.3 Å². The molecule has 1 atom stereocenters. The third kappa shape index (κ3) is 7.81. The van der Waals surface area contributed by atoms with Crippen LogP contribution in [-0.4, -0.2) is 33.6 Å². The molecule has 0 fully saturated rings. The maximum atomic E-state index is 12.0. The Balaban J connectivity index is 0.00000288. The molecule has 0 aliphatic heterocycles. The Morgan fingerprint density at radius 1 is 1.32 bits per heavy atom. The maximum absolute atomic E-state index is 12.0. The monoisotopic (exact) mass is 389 g/mol. The third-order valence-electron chi connectivity index (χ3n) is 3.53. The summed E-state index contributed by atoms with van der Waals surface area (Å²) < 4.78 is 5.18. The second kappa shape index (κ2) is 12.6. The van der Waals surface area contributed by atoms with Crippen LogP contribution in [0.3, 0.4) is 0 Å². The van der Waals surface area contributed by atoms with E-state index in [2.05, 4.69) is 27.4 Å². The van der Waals surface area contributed by atoms with Crippen LogP contribution < -0.4 is 11.1 Å². The smallest absolute Gasteiger partial charge is 0.227 e. The van der Waals surface area contributed by atoms with E-state index in [-0.39, 0.29) is 36.8 Å². The Morgan fingerprint density at radius 3 is 2.68 bits per heavy atom. The molecule has 0 aliphatic carbocycles. The molecule has 25 heavy (non-hydrogen) atoms. The summed E-state index contributed by atoms with van der Waals surface area (Å²) in [5.41, 5.74) is 6.51. The van der Waals surface area contributed by atoms with Gasteiger partial charge in [0.1, 0.15) is 0 Å². The van der Waals surface area contributed by atoms with Crippen molar-refractivity contribution in [1.82, 2.24) is 20.4 Å². The molecular formula is C16H25Cl2N5O2. The first-order valence-electron chi connectivity index (χ1n) is 7.95. The minimum Gasteiger partial charge on any atom is -0.352 e. The minimum absolute atomic E-state index is 0. The van der Waals surface area contributed by atoms with Gasteiger partial charge in [-0.1, -0.05) is 24.9 Å². The molecule has 0 saturated heterocycles. The summed E-state index contributed by atoms with van der Waals surface area (Å²) in [7, 11) is 0. The van der Waals surface area contributed by atoms with Gasteiger partial charge in [-0.2, -0.15) is 4.98 Å². The number of halogens is 2. The van der Waals surface area contributed by atoms with E-state index >= 15 is 0 Å². The zero-order chi connectivity index (χ0) is 16.5. The largest absolute Gasteiger partial charge is 0.352 e. The van der Waals surface area contributed by atoms with Crippen LogP contribution in [0.2, 0.25) is 0 Å². The van der Waals surface area contributed by atoms with Gasteiger partial charge in [-0.15, -0.1) is 24.8 Å². The van der Waals surface area contributed by atoms with Crippen LogP contribution in [0.4, 0.5) is 0 Å². The topological polar surface area (TPSA) is 107 Å². The quantitative estimate of drug-likeness (QED) is 0.682. The highest BCUT2D eigenvalue weighted by Gasteiger charge is 2.13. The van der Waals surface area contributed by atoms with Gasteiger partial charge < -0.3 is 15.6 Å². The lowest BCUT2D eigenvalue weighted by Crippen LogP contribution is -2.40. The standard InChI is InChI=1S/C16H23N5O2.2ClH/c1-2-3-4-13(11-17)19-14(22)5-6-15-20-16(21-23-15)12-7-9-18-10-8-12;;/h7-10,13H,2-6,11,17H2,1H3,(H,19,22);2*1H. The van der Waals surface area contributed by atoms with E-state index in [1.807, 2.05) is 0 Å². The number of hydrogen-bond acceptors (Lipinski definition) is 6. The SMILES string of the molecule is CCCCC(CN)NC(=O)CCc1nc(-c2ccncc2)no1.Cl.Cl. The van der Waals surface area contributed by atoms with Gasteiger partial charge in [-0.3, -0.25) is 9.78 Å². The zero-order valence-corrected chi connectivity index (χ0v) is 15.8. The van der Waals surface area contributed by atoms with Crippen molar-refractivity contribution in [3.05, 3.63) is 30.4 Å². The van der Waals surface area contributed by atoms with E-state index < -0.39 is 0 Å².